The van der Waals surface area contributed by atoms with Crippen LogP contribution >= 0.6 is 0 Å². The summed E-state index contributed by atoms with van der Waals surface area (Å²) >= 11 is 0. The van der Waals surface area contributed by atoms with Crippen molar-refractivity contribution in [2.75, 3.05) is 0 Å². The van der Waals surface area contributed by atoms with Gasteiger partial charge in [-0.05, 0) is 79.9 Å². The Morgan fingerprint density at radius 3 is 1.72 bits per heavy atom. The molecule has 0 N–H and O–H groups in total. The van der Waals surface area contributed by atoms with Crippen LogP contribution in [0.5, 0.6) is 0 Å². The van der Waals surface area contributed by atoms with Crippen molar-refractivity contribution < 1.29 is 0 Å². The lowest BCUT2D eigenvalue weighted by molar-refractivity contribution is 0.954. The molecule has 266 valence electrons. The first-order valence-electron chi connectivity index (χ1n) is 19.3. The van der Waals surface area contributed by atoms with E-state index in [4.69, 9.17) is 15.0 Å². The summed E-state index contributed by atoms with van der Waals surface area (Å²) < 4.78 is 2.20. The molecule has 4 nitrogen and oxygen atoms in total. The van der Waals surface area contributed by atoms with Gasteiger partial charge < -0.3 is 0 Å². The van der Waals surface area contributed by atoms with Crippen molar-refractivity contribution in [2.45, 2.75) is 0 Å². The van der Waals surface area contributed by atoms with Crippen molar-refractivity contribution in [3.05, 3.63) is 206 Å². The van der Waals surface area contributed by atoms with Gasteiger partial charge in [0.05, 0.1) is 11.0 Å². The molecule has 2 aromatic heterocycles. The predicted molar refractivity (Wildman–Crippen MR) is 236 cm³/mol. The van der Waals surface area contributed by atoms with E-state index in [0.29, 0.717) is 17.6 Å². The minimum absolute atomic E-state index is 0.568. The molecule has 11 aromatic rings. The molecule has 0 saturated carbocycles. The van der Waals surface area contributed by atoms with Crippen molar-refractivity contribution in [3.63, 3.8) is 0 Å². The molecule has 4 heteroatoms. The molecule has 9 aromatic carbocycles. The molecule has 2 heterocycles. The van der Waals surface area contributed by atoms with Crippen molar-refractivity contribution >= 4 is 43.4 Å². The van der Waals surface area contributed by atoms with E-state index in [9.17, 15) is 0 Å². The Balaban J connectivity index is 1.16. The number of para-hydroxylation sites is 1. The van der Waals surface area contributed by atoms with Crippen molar-refractivity contribution in [2.24, 2.45) is 0 Å². The van der Waals surface area contributed by atoms with Gasteiger partial charge in [0, 0.05) is 27.3 Å². The first-order chi connectivity index (χ1) is 28.2. The van der Waals surface area contributed by atoms with Gasteiger partial charge in [-0.1, -0.05) is 176 Å². The second kappa shape index (κ2) is 13.6. The van der Waals surface area contributed by atoms with Crippen LogP contribution in [0.25, 0.3) is 105 Å². The molecule has 0 unspecified atom stereocenters. The fourth-order valence-corrected chi connectivity index (χ4v) is 8.31. The number of rotatable bonds is 6. The third-order valence-electron chi connectivity index (χ3n) is 11.0. The molecule has 0 atom stereocenters. The number of aromatic nitrogens is 4. The Labute approximate surface area is 330 Å². The Bertz CT molecular complexity index is 3290. The average Bonchev–Trinajstić information content (AvgIpc) is 3.62. The maximum absolute atomic E-state index is 5.39. The molecule has 0 bridgehead atoms. The van der Waals surface area contributed by atoms with E-state index in [2.05, 4.69) is 205 Å². The molecule has 0 spiro atoms. The van der Waals surface area contributed by atoms with Crippen LogP contribution in [0.4, 0.5) is 0 Å². The molecule has 0 radical (unpaired) electrons. The van der Waals surface area contributed by atoms with E-state index >= 15 is 0 Å². The fourth-order valence-electron chi connectivity index (χ4n) is 8.31. The van der Waals surface area contributed by atoms with E-state index in [0.717, 1.165) is 71.5 Å². The third-order valence-corrected chi connectivity index (χ3v) is 11.0. The summed E-state index contributed by atoms with van der Waals surface area (Å²) in [4.78, 5) is 16.0. The van der Waals surface area contributed by atoms with Gasteiger partial charge in [-0.25, -0.2) is 4.98 Å². The highest BCUT2D eigenvalue weighted by Crippen LogP contribution is 2.39. The van der Waals surface area contributed by atoms with Crippen LogP contribution in [-0.2, 0) is 0 Å². The van der Waals surface area contributed by atoms with Crippen LogP contribution < -0.4 is 0 Å². The second-order valence-corrected chi connectivity index (χ2v) is 14.5. The summed E-state index contributed by atoms with van der Waals surface area (Å²) in [6.45, 7) is 0. The van der Waals surface area contributed by atoms with Gasteiger partial charge in [-0.2, -0.15) is 9.97 Å². The number of benzene rings is 9. The fraction of sp³-hybridized carbons (Fsp3) is 0. The van der Waals surface area contributed by atoms with Crippen molar-refractivity contribution in [3.8, 4) is 62.1 Å². The lowest BCUT2D eigenvalue weighted by Gasteiger charge is -2.14. The first kappa shape index (κ1) is 32.7. The van der Waals surface area contributed by atoms with Crippen LogP contribution in [0.15, 0.2) is 206 Å². The van der Waals surface area contributed by atoms with E-state index in [1.165, 1.54) is 16.3 Å². The molecule has 57 heavy (non-hydrogen) atoms. The summed E-state index contributed by atoms with van der Waals surface area (Å²) in [5.41, 5.74) is 10.8. The summed E-state index contributed by atoms with van der Waals surface area (Å²) in [7, 11) is 0. The molecule has 11 rings (SSSR count). The highest BCUT2D eigenvalue weighted by Gasteiger charge is 2.20. The van der Waals surface area contributed by atoms with Gasteiger partial charge in [0.2, 0.25) is 5.95 Å². The number of fused-ring (bicyclic) bond motifs is 5. The summed E-state index contributed by atoms with van der Waals surface area (Å²) in [5.74, 6) is 1.80. The third kappa shape index (κ3) is 5.74. The SMILES string of the molecule is c1ccc(-c2cccc(-c3nc(-c4cccc5cccc(-c6ccccc6)c45)nc(-n4c5ccccc5c5cc(-c6ccc7ccccc7c6)ccc54)n3)c2)cc1. The van der Waals surface area contributed by atoms with Crippen LogP contribution in [0.3, 0.4) is 0 Å². The smallest absolute Gasteiger partial charge is 0.238 e. The zero-order chi connectivity index (χ0) is 37.7. The highest BCUT2D eigenvalue weighted by atomic mass is 15.2. The quantitative estimate of drug-likeness (QED) is 0.171. The van der Waals surface area contributed by atoms with Gasteiger partial charge in [0.15, 0.2) is 11.6 Å². The minimum Gasteiger partial charge on any atom is -0.278 e. The zero-order valence-electron chi connectivity index (χ0n) is 30.9. The van der Waals surface area contributed by atoms with Gasteiger partial charge in [0.1, 0.15) is 0 Å². The average molecular weight is 727 g/mol. The van der Waals surface area contributed by atoms with Gasteiger partial charge in [-0.15, -0.1) is 0 Å². The van der Waals surface area contributed by atoms with Gasteiger partial charge >= 0.3 is 0 Å². The Morgan fingerprint density at radius 1 is 0.298 bits per heavy atom. The summed E-state index contributed by atoms with van der Waals surface area (Å²) in [5, 5.41) is 6.97. The van der Waals surface area contributed by atoms with E-state index < -0.39 is 0 Å². The first-order valence-corrected chi connectivity index (χ1v) is 19.3. The molecule has 0 saturated heterocycles. The van der Waals surface area contributed by atoms with Crippen LogP contribution in [0.2, 0.25) is 0 Å². The standard InChI is InChI=1S/C53H34N4/c1-3-14-35(15-4-1)40-22-11-23-43(33-40)51-54-52(46-26-13-21-38-20-12-25-44(50(38)46)37-17-5-2-6-18-37)56-53(55-51)57-48-27-10-9-24-45(48)47-34-42(30-31-49(47)57)41-29-28-36-16-7-8-19-39(36)32-41/h1-34H. The number of hydrogen-bond donors (Lipinski definition) is 0. The van der Waals surface area contributed by atoms with E-state index in [1.807, 2.05) is 6.07 Å². The summed E-state index contributed by atoms with van der Waals surface area (Å²) in [6, 6.07) is 72.9. The molecular formula is C53H34N4. The Kier molecular flexibility index (Phi) is 7.78. The lowest BCUT2D eigenvalue weighted by Crippen LogP contribution is -2.06. The van der Waals surface area contributed by atoms with Crippen molar-refractivity contribution in [1.82, 2.24) is 19.5 Å². The topological polar surface area (TPSA) is 43.6 Å². The molecule has 0 fully saturated rings. The largest absolute Gasteiger partial charge is 0.278 e. The lowest BCUT2D eigenvalue weighted by atomic mass is 9.94. The number of hydrogen-bond acceptors (Lipinski definition) is 3. The second-order valence-electron chi connectivity index (χ2n) is 14.5. The molecule has 0 aliphatic carbocycles. The molecule has 0 aliphatic heterocycles. The highest BCUT2D eigenvalue weighted by molar-refractivity contribution is 6.11. The molecular weight excluding hydrogens is 693 g/mol. The maximum atomic E-state index is 5.39. The van der Waals surface area contributed by atoms with E-state index in [1.54, 1.807) is 0 Å². The molecule has 0 amide bonds. The van der Waals surface area contributed by atoms with Crippen LogP contribution in [0.1, 0.15) is 0 Å². The van der Waals surface area contributed by atoms with E-state index in [-0.39, 0.29) is 0 Å². The minimum atomic E-state index is 0.568. The Morgan fingerprint density at radius 2 is 0.877 bits per heavy atom. The Hall–Kier alpha value is -7.69. The normalized spacial score (nSPS) is 11.5. The monoisotopic (exact) mass is 726 g/mol. The van der Waals surface area contributed by atoms with Crippen LogP contribution in [-0.4, -0.2) is 19.5 Å². The maximum Gasteiger partial charge on any atom is 0.238 e. The van der Waals surface area contributed by atoms with Crippen molar-refractivity contribution in [1.29, 1.82) is 0 Å². The summed E-state index contributed by atoms with van der Waals surface area (Å²) in [6.07, 6.45) is 0. The van der Waals surface area contributed by atoms with Crippen LogP contribution in [0, 0.1) is 0 Å². The number of nitrogens with zero attached hydrogens (tertiary/aromatic N) is 4. The van der Waals surface area contributed by atoms with Gasteiger partial charge in [-0.3, -0.25) is 4.57 Å². The predicted octanol–water partition coefficient (Wildman–Crippen LogP) is 13.6. The zero-order valence-corrected chi connectivity index (χ0v) is 30.9. The van der Waals surface area contributed by atoms with Gasteiger partial charge in [0.25, 0.3) is 0 Å². The molecule has 0 aliphatic rings.